The van der Waals surface area contributed by atoms with Crippen LogP contribution >= 0.6 is 11.6 Å². The monoisotopic (exact) mass is 396 g/mol. The van der Waals surface area contributed by atoms with Crippen LogP contribution in [-0.4, -0.2) is 47.0 Å². The molecule has 0 atom stereocenters. The lowest BCUT2D eigenvalue weighted by atomic mass is 10.2. The summed E-state index contributed by atoms with van der Waals surface area (Å²) in [7, 11) is 0.554. The Balaban J connectivity index is 2.63. The molecule has 1 amide bonds. The highest BCUT2D eigenvalue weighted by molar-refractivity contribution is 7.92. The number of hydrogen-bond donors (Lipinski definition) is 0. The van der Waals surface area contributed by atoms with Gasteiger partial charge in [0.2, 0.25) is 5.91 Å². The molecule has 0 N–H and O–H groups in total. The van der Waals surface area contributed by atoms with Crippen molar-refractivity contribution in [1.29, 1.82) is 0 Å². The van der Waals surface area contributed by atoms with E-state index < -0.39 is 10.0 Å². The number of sulfonamides is 1. The van der Waals surface area contributed by atoms with Crippen LogP contribution in [0.5, 0.6) is 5.75 Å². The lowest BCUT2D eigenvalue weighted by Crippen LogP contribution is -2.40. The number of hydrogen-bond acceptors (Lipinski definition) is 4. The highest BCUT2D eigenvalue weighted by atomic mass is 35.5. The largest absolute Gasteiger partial charge is 0.495 e. The Bertz CT molecular complexity index is 896. The summed E-state index contributed by atoms with van der Waals surface area (Å²) in [6.07, 6.45) is 0. The molecule has 140 valence electrons. The molecule has 0 aromatic heterocycles. The molecule has 2 rings (SSSR count). The minimum atomic E-state index is -4.00. The molecule has 2 aromatic rings. The number of anilines is 1. The van der Waals surface area contributed by atoms with Crippen molar-refractivity contribution in [3.8, 4) is 5.75 Å². The number of ether oxygens (including phenoxy) is 1. The molecule has 0 radical (unpaired) electrons. The molecule has 6 nitrogen and oxygen atoms in total. The molecule has 0 saturated heterocycles. The average Bonchev–Trinajstić information content (AvgIpc) is 2.59. The Morgan fingerprint density at radius 2 is 1.73 bits per heavy atom. The van der Waals surface area contributed by atoms with Gasteiger partial charge in [-0.2, -0.15) is 0 Å². The van der Waals surface area contributed by atoms with Crippen molar-refractivity contribution in [2.75, 3.05) is 32.1 Å². The first-order valence-corrected chi connectivity index (χ1v) is 9.61. The van der Waals surface area contributed by atoms with Crippen LogP contribution in [0.25, 0.3) is 0 Å². The van der Waals surface area contributed by atoms with Crippen LogP contribution in [-0.2, 0) is 14.8 Å². The lowest BCUT2D eigenvalue weighted by molar-refractivity contribution is -0.127. The summed E-state index contributed by atoms with van der Waals surface area (Å²) in [4.78, 5) is 13.7. The maximum absolute atomic E-state index is 13.2. The fourth-order valence-corrected chi connectivity index (χ4v) is 3.84. The summed E-state index contributed by atoms with van der Waals surface area (Å²) in [6, 6.07) is 11.0. The minimum absolute atomic E-state index is 0.0803. The third-order valence-electron chi connectivity index (χ3n) is 3.80. The van der Waals surface area contributed by atoms with Crippen molar-refractivity contribution in [3.63, 3.8) is 0 Å². The van der Waals surface area contributed by atoms with Crippen molar-refractivity contribution in [1.82, 2.24) is 4.90 Å². The molecule has 0 spiro atoms. The average molecular weight is 397 g/mol. The summed E-state index contributed by atoms with van der Waals surface area (Å²) in [5.41, 5.74) is 1.14. The maximum atomic E-state index is 13.2. The SMILES string of the molecule is COc1ccc(Cl)cc1N(CC(=O)N(C)C)S(=O)(=O)c1ccc(C)cc1. The van der Waals surface area contributed by atoms with Crippen LogP contribution in [0.3, 0.4) is 0 Å². The normalized spacial score (nSPS) is 11.1. The molecule has 0 aliphatic carbocycles. The Morgan fingerprint density at radius 3 is 2.27 bits per heavy atom. The molecule has 2 aromatic carbocycles. The fraction of sp³-hybridized carbons (Fsp3) is 0.278. The van der Waals surface area contributed by atoms with Crippen molar-refractivity contribution < 1.29 is 17.9 Å². The first-order chi connectivity index (χ1) is 12.2. The van der Waals surface area contributed by atoms with E-state index in [9.17, 15) is 13.2 Å². The van der Waals surface area contributed by atoms with Crippen LogP contribution in [0.1, 0.15) is 5.56 Å². The lowest BCUT2D eigenvalue weighted by Gasteiger charge is -2.27. The van der Waals surface area contributed by atoms with Crippen molar-refractivity contribution >= 4 is 33.2 Å². The number of carbonyl (C=O) groups excluding carboxylic acids is 1. The number of amides is 1. The van der Waals surface area contributed by atoms with E-state index in [1.807, 2.05) is 6.92 Å². The van der Waals surface area contributed by atoms with Crippen molar-refractivity contribution in [2.24, 2.45) is 0 Å². The van der Waals surface area contributed by atoms with E-state index >= 15 is 0 Å². The molecule has 26 heavy (non-hydrogen) atoms. The quantitative estimate of drug-likeness (QED) is 0.752. The zero-order valence-corrected chi connectivity index (χ0v) is 16.6. The van der Waals surface area contributed by atoms with Gasteiger partial charge in [-0.1, -0.05) is 29.3 Å². The van der Waals surface area contributed by atoms with Gasteiger partial charge in [0.1, 0.15) is 12.3 Å². The molecule has 0 bridgehead atoms. The number of likely N-dealkylation sites (N-methyl/N-ethyl adjacent to an activating group) is 1. The summed E-state index contributed by atoms with van der Waals surface area (Å²) in [5.74, 6) is -0.0700. The van der Waals surface area contributed by atoms with E-state index in [1.54, 1.807) is 38.4 Å². The number of rotatable bonds is 6. The standard InChI is InChI=1S/C18H21ClN2O4S/c1-13-5-8-15(9-6-13)26(23,24)21(12-18(22)20(2)3)16-11-14(19)7-10-17(16)25-4/h5-11H,12H2,1-4H3. The first-order valence-electron chi connectivity index (χ1n) is 7.80. The zero-order chi connectivity index (χ0) is 19.5. The van der Waals surface area contributed by atoms with E-state index in [-0.39, 0.29) is 23.0 Å². The van der Waals surface area contributed by atoms with Gasteiger partial charge in [0.15, 0.2) is 0 Å². The van der Waals surface area contributed by atoms with Gasteiger partial charge in [-0.3, -0.25) is 9.10 Å². The molecule has 8 heteroatoms. The fourth-order valence-electron chi connectivity index (χ4n) is 2.26. The van der Waals surface area contributed by atoms with Gasteiger partial charge in [-0.25, -0.2) is 8.42 Å². The van der Waals surface area contributed by atoms with E-state index in [4.69, 9.17) is 16.3 Å². The first kappa shape index (κ1) is 20.1. The van der Waals surface area contributed by atoms with Crippen molar-refractivity contribution in [2.45, 2.75) is 11.8 Å². The maximum Gasteiger partial charge on any atom is 0.264 e. The second-order valence-corrected chi connectivity index (χ2v) is 8.23. The molecule has 0 unspecified atom stereocenters. The van der Waals surface area contributed by atoms with Crippen LogP contribution in [0.4, 0.5) is 5.69 Å². The number of nitrogens with zero attached hydrogens (tertiary/aromatic N) is 2. The molecule has 0 aliphatic rings. The van der Waals surface area contributed by atoms with Crippen molar-refractivity contribution in [3.05, 3.63) is 53.1 Å². The Morgan fingerprint density at radius 1 is 1.12 bits per heavy atom. The van der Waals surface area contributed by atoms with E-state index in [1.165, 1.54) is 30.2 Å². The zero-order valence-electron chi connectivity index (χ0n) is 15.1. The number of methoxy groups -OCH3 is 1. The highest BCUT2D eigenvalue weighted by Gasteiger charge is 2.30. The molecule has 0 aliphatic heterocycles. The smallest absolute Gasteiger partial charge is 0.264 e. The van der Waals surface area contributed by atoms with E-state index in [0.717, 1.165) is 9.87 Å². The third-order valence-corrected chi connectivity index (χ3v) is 5.81. The third kappa shape index (κ3) is 4.28. The highest BCUT2D eigenvalue weighted by Crippen LogP contribution is 2.34. The molecule has 0 fully saturated rings. The summed E-state index contributed by atoms with van der Waals surface area (Å²) >= 11 is 6.06. The summed E-state index contributed by atoms with van der Waals surface area (Å²) in [5, 5.41) is 0.335. The Hall–Kier alpha value is -2.25. The van der Waals surface area contributed by atoms with E-state index in [0.29, 0.717) is 10.8 Å². The van der Waals surface area contributed by atoms with Crippen LogP contribution in [0, 0.1) is 6.92 Å². The second-order valence-electron chi connectivity index (χ2n) is 5.93. The van der Waals surface area contributed by atoms with Gasteiger partial charge < -0.3 is 9.64 Å². The molecular formula is C18H21ClN2O4S. The predicted molar refractivity (Wildman–Crippen MR) is 102 cm³/mol. The topological polar surface area (TPSA) is 66.9 Å². The molecule has 0 saturated carbocycles. The minimum Gasteiger partial charge on any atom is -0.495 e. The number of benzene rings is 2. The number of aryl methyl sites for hydroxylation is 1. The summed E-state index contributed by atoms with van der Waals surface area (Å²) in [6.45, 7) is 1.49. The van der Waals surface area contributed by atoms with Gasteiger partial charge in [-0.15, -0.1) is 0 Å². The van der Waals surface area contributed by atoms with Gasteiger partial charge in [0.05, 0.1) is 17.7 Å². The van der Waals surface area contributed by atoms with Gasteiger partial charge >= 0.3 is 0 Å². The molecule has 0 heterocycles. The molecular weight excluding hydrogens is 376 g/mol. The van der Waals surface area contributed by atoms with Gasteiger partial charge in [-0.05, 0) is 37.3 Å². The Labute approximate surface area is 159 Å². The van der Waals surface area contributed by atoms with Gasteiger partial charge in [0.25, 0.3) is 10.0 Å². The summed E-state index contributed by atoms with van der Waals surface area (Å²) < 4.78 is 32.8. The van der Waals surface area contributed by atoms with E-state index in [2.05, 4.69) is 0 Å². The van der Waals surface area contributed by atoms with Gasteiger partial charge in [0, 0.05) is 19.1 Å². The van der Waals surface area contributed by atoms with Crippen LogP contribution in [0.2, 0.25) is 5.02 Å². The second kappa shape index (κ2) is 7.97. The van der Waals surface area contributed by atoms with Crippen LogP contribution in [0.15, 0.2) is 47.4 Å². The predicted octanol–water partition coefficient (Wildman–Crippen LogP) is 2.94. The number of halogens is 1. The van der Waals surface area contributed by atoms with Crippen LogP contribution < -0.4 is 9.04 Å². The number of carbonyl (C=O) groups is 1. The Kier molecular flexibility index (Phi) is 6.15.